The third kappa shape index (κ3) is 2.09. The number of rotatable bonds is 2. The van der Waals surface area contributed by atoms with Gasteiger partial charge in [0, 0.05) is 23.1 Å². The Morgan fingerprint density at radius 3 is 2.42 bits per heavy atom. The van der Waals surface area contributed by atoms with Crippen molar-refractivity contribution in [1.29, 1.82) is 0 Å². The Bertz CT molecular complexity index is 606. The SMILES string of the molecule is CC(C)c1cc2c(cn1)-c1[nH]c(C(C)C)cc1CC2. The monoisotopic (exact) mass is 254 g/mol. The molecule has 2 nitrogen and oxygen atoms in total. The Morgan fingerprint density at radius 2 is 1.74 bits per heavy atom. The van der Waals surface area contributed by atoms with Gasteiger partial charge in [0.15, 0.2) is 0 Å². The van der Waals surface area contributed by atoms with Gasteiger partial charge in [0.2, 0.25) is 0 Å². The molecule has 1 aliphatic carbocycles. The second-order valence-electron chi connectivity index (χ2n) is 6.20. The molecule has 0 atom stereocenters. The van der Waals surface area contributed by atoms with Crippen LogP contribution in [-0.4, -0.2) is 9.97 Å². The quantitative estimate of drug-likeness (QED) is 0.844. The Labute approximate surface area is 115 Å². The molecule has 0 bridgehead atoms. The van der Waals surface area contributed by atoms with Gasteiger partial charge in [-0.05, 0) is 47.9 Å². The van der Waals surface area contributed by atoms with E-state index in [1.165, 1.54) is 33.8 Å². The van der Waals surface area contributed by atoms with Crippen LogP contribution in [0.15, 0.2) is 18.3 Å². The van der Waals surface area contributed by atoms with Crippen molar-refractivity contribution in [2.24, 2.45) is 0 Å². The summed E-state index contributed by atoms with van der Waals surface area (Å²) in [5, 5.41) is 0. The van der Waals surface area contributed by atoms with Gasteiger partial charge in [-0.1, -0.05) is 27.7 Å². The highest BCUT2D eigenvalue weighted by Gasteiger charge is 2.20. The molecule has 1 aliphatic rings. The van der Waals surface area contributed by atoms with E-state index in [2.05, 4.69) is 56.0 Å². The summed E-state index contributed by atoms with van der Waals surface area (Å²) in [6.45, 7) is 8.87. The maximum Gasteiger partial charge on any atom is 0.0507 e. The van der Waals surface area contributed by atoms with Gasteiger partial charge < -0.3 is 4.98 Å². The molecule has 0 saturated carbocycles. The highest BCUT2D eigenvalue weighted by atomic mass is 14.8. The third-order valence-electron chi connectivity index (χ3n) is 4.08. The predicted molar refractivity (Wildman–Crippen MR) is 79.6 cm³/mol. The van der Waals surface area contributed by atoms with Crippen LogP contribution in [0.1, 0.15) is 62.0 Å². The van der Waals surface area contributed by atoms with E-state index < -0.39 is 0 Å². The average Bonchev–Trinajstić information content (AvgIpc) is 2.82. The normalized spacial score (nSPS) is 13.8. The van der Waals surface area contributed by atoms with Crippen LogP contribution in [0.25, 0.3) is 11.3 Å². The molecule has 2 heteroatoms. The van der Waals surface area contributed by atoms with Crippen LogP contribution in [0, 0.1) is 0 Å². The molecule has 0 unspecified atom stereocenters. The smallest absolute Gasteiger partial charge is 0.0507 e. The second kappa shape index (κ2) is 4.52. The van der Waals surface area contributed by atoms with Gasteiger partial charge in [0.1, 0.15) is 0 Å². The molecule has 0 spiro atoms. The summed E-state index contributed by atoms with van der Waals surface area (Å²) in [7, 11) is 0. The number of hydrogen-bond acceptors (Lipinski definition) is 1. The molecule has 0 saturated heterocycles. The summed E-state index contributed by atoms with van der Waals surface area (Å²) >= 11 is 0. The van der Waals surface area contributed by atoms with E-state index in [-0.39, 0.29) is 0 Å². The van der Waals surface area contributed by atoms with E-state index in [0.717, 1.165) is 12.8 Å². The fourth-order valence-corrected chi connectivity index (χ4v) is 2.80. The van der Waals surface area contributed by atoms with Crippen LogP contribution in [0.3, 0.4) is 0 Å². The Balaban J connectivity index is 2.08. The lowest BCUT2D eigenvalue weighted by Crippen LogP contribution is -2.05. The second-order valence-corrected chi connectivity index (χ2v) is 6.20. The number of nitrogens with zero attached hydrogens (tertiary/aromatic N) is 1. The van der Waals surface area contributed by atoms with Gasteiger partial charge in [-0.15, -0.1) is 0 Å². The van der Waals surface area contributed by atoms with E-state index >= 15 is 0 Å². The van der Waals surface area contributed by atoms with Crippen molar-refractivity contribution >= 4 is 0 Å². The highest BCUT2D eigenvalue weighted by Crippen LogP contribution is 2.35. The molecular formula is C17H22N2. The molecule has 0 fully saturated rings. The summed E-state index contributed by atoms with van der Waals surface area (Å²) in [5.74, 6) is 1.05. The van der Waals surface area contributed by atoms with Crippen LogP contribution in [-0.2, 0) is 12.8 Å². The largest absolute Gasteiger partial charge is 0.358 e. The zero-order valence-electron chi connectivity index (χ0n) is 12.2. The summed E-state index contributed by atoms with van der Waals surface area (Å²) in [4.78, 5) is 8.22. The van der Waals surface area contributed by atoms with Crippen LogP contribution in [0.4, 0.5) is 0 Å². The summed E-state index contributed by atoms with van der Waals surface area (Å²) in [6, 6.07) is 4.62. The molecule has 0 aliphatic heterocycles. The number of fused-ring (bicyclic) bond motifs is 3. The predicted octanol–water partition coefficient (Wildman–Crippen LogP) is 4.42. The Morgan fingerprint density at radius 1 is 1.00 bits per heavy atom. The number of H-pyrrole nitrogens is 1. The fraction of sp³-hybridized carbons (Fsp3) is 0.471. The first kappa shape index (κ1) is 12.5. The van der Waals surface area contributed by atoms with Crippen molar-refractivity contribution in [2.45, 2.75) is 52.4 Å². The van der Waals surface area contributed by atoms with Gasteiger partial charge in [-0.2, -0.15) is 0 Å². The topological polar surface area (TPSA) is 28.7 Å². The van der Waals surface area contributed by atoms with E-state index in [1.807, 2.05) is 0 Å². The molecule has 100 valence electrons. The Kier molecular flexibility index (Phi) is 2.96. The minimum absolute atomic E-state index is 0.501. The van der Waals surface area contributed by atoms with E-state index in [0.29, 0.717) is 11.8 Å². The average molecular weight is 254 g/mol. The van der Waals surface area contributed by atoms with E-state index in [1.54, 1.807) is 0 Å². The van der Waals surface area contributed by atoms with Crippen molar-refractivity contribution in [3.8, 4) is 11.3 Å². The lowest BCUT2D eigenvalue weighted by atomic mass is 9.90. The van der Waals surface area contributed by atoms with Crippen molar-refractivity contribution in [1.82, 2.24) is 9.97 Å². The number of aromatic amines is 1. The van der Waals surface area contributed by atoms with Crippen LogP contribution < -0.4 is 0 Å². The van der Waals surface area contributed by atoms with Gasteiger partial charge >= 0.3 is 0 Å². The minimum atomic E-state index is 0.501. The molecule has 0 amide bonds. The molecule has 19 heavy (non-hydrogen) atoms. The number of aromatic nitrogens is 2. The first-order valence-electron chi connectivity index (χ1n) is 7.27. The molecular weight excluding hydrogens is 232 g/mol. The molecule has 0 radical (unpaired) electrons. The summed E-state index contributed by atoms with van der Waals surface area (Å²) < 4.78 is 0. The summed E-state index contributed by atoms with van der Waals surface area (Å²) in [5.41, 5.74) is 8.05. The third-order valence-corrected chi connectivity index (χ3v) is 4.08. The molecule has 2 heterocycles. The lowest BCUT2D eigenvalue weighted by Gasteiger charge is -2.17. The van der Waals surface area contributed by atoms with Gasteiger partial charge in [0.05, 0.1) is 5.69 Å². The maximum atomic E-state index is 4.62. The maximum absolute atomic E-state index is 4.62. The number of hydrogen-bond donors (Lipinski definition) is 1. The van der Waals surface area contributed by atoms with Gasteiger partial charge in [-0.3, -0.25) is 4.98 Å². The van der Waals surface area contributed by atoms with Crippen molar-refractivity contribution in [3.05, 3.63) is 40.8 Å². The van der Waals surface area contributed by atoms with Crippen LogP contribution in [0.2, 0.25) is 0 Å². The first-order valence-corrected chi connectivity index (χ1v) is 7.27. The molecule has 0 aromatic carbocycles. The first-order chi connectivity index (χ1) is 9.06. The molecule has 2 aromatic heterocycles. The minimum Gasteiger partial charge on any atom is -0.358 e. The zero-order chi connectivity index (χ0) is 13.6. The number of pyridine rings is 1. The standard InChI is InChI=1S/C17H22N2/c1-10(2)15-7-12-5-6-13-8-16(11(3)4)19-17(13)14(12)9-18-15/h7-11,19H,5-6H2,1-4H3. The van der Waals surface area contributed by atoms with Crippen LogP contribution in [0.5, 0.6) is 0 Å². The number of nitrogens with one attached hydrogen (secondary N) is 1. The lowest BCUT2D eigenvalue weighted by molar-refractivity contribution is 0.811. The van der Waals surface area contributed by atoms with Crippen LogP contribution >= 0.6 is 0 Å². The number of aryl methyl sites for hydroxylation is 2. The van der Waals surface area contributed by atoms with Gasteiger partial charge in [0.25, 0.3) is 0 Å². The van der Waals surface area contributed by atoms with Crippen molar-refractivity contribution < 1.29 is 0 Å². The fourth-order valence-electron chi connectivity index (χ4n) is 2.80. The van der Waals surface area contributed by atoms with Crippen molar-refractivity contribution in [3.63, 3.8) is 0 Å². The molecule has 3 rings (SSSR count). The Hall–Kier alpha value is -1.57. The van der Waals surface area contributed by atoms with E-state index in [9.17, 15) is 0 Å². The zero-order valence-corrected chi connectivity index (χ0v) is 12.2. The molecule has 1 N–H and O–H groups in total. The van der Waals surface area contributed by atoms with Gasteiger partial charge in [-0.25, -0.2) is 0 Å². The summed E-state index contributed by atoms with van der Waals surface area (Å²) in [6.07, 6.45) is 4.34. The van der Waals surface area contributed by atoms with E-state index in [4.69, 9.17) is 0 Å². The molecule has 2 aromatic rings. The highest BCUT2D eigenvalue weighted by molar-refractivity contribution is 5.70. The van der Waals surface area contributed by atoms with Crippen molar-refractivity contribution in [2.75, 3.05) is 0 Å².